The van der Waals surface area contributed by atoms with E-state index in [0.29, 0.717) is 34.3 Å². The van der Waals surface area contributed by atoms with E-state index in [1.54, 1.807) is 36.4 Å². The quantitative estimate of drug-likeness (QED) is 0.256. The Balaban J connectivity index is 1.71. The molecule has 0 saturated heterocycles. The number of halogens is 2. The minimum atomic E-state index is -0.824. The van der Waals surface area contributed by atoms with Crippen LogP contribution in [0.1, 0.15) is 40.2 Å². The lowest BCUT2D eigenvalue weighted by Crippen LogP contribution is -2.29. The predicted octanol–water partition coefficient (Wildman–Crippen LogP) is 6.29. The number of rotatable bonds is 8. The van der Waals surface area contributed by atoms with Crippen molar-refractivity contribution < 1.29 is 23.1 Å². The summed E-state index contributed by atoms with van der Waals surface area (Å²) in [6, 6.07) is 15.2. The molecule has 5 rings (SSSR count). The van der Waals surface area contributed by atoms with Crippen LogP contribution in [-0.4, -0.2) is 24.0 Å². The number of benzene rings is 3. The molecule has 188 valence electrons. The second-order valence-corrected chi connectivity index (χ2v) is 8.89. The van der Waals surface area contributed by atoms with Gasteiger partial charge in [-0.05, 0) is 54.4 Å². The summed E-state index contributed by atoms with van der Waals surface area (Å²) in [5.41, 5.74) is 1.11. The van der Waals surface area contributed by atoms with E-state index in [1.807, 2.05) is 19.1 Å². The largest absolute Gasteiger partial charge is 0.490 e. The number of carbonyl (C=O) groups is 1. The molecule has 8 heteroatoms. The monoisotopic (exact) mass is 519 g/mol. The molecule has 0 radical (unpaired) electrons. The molecule has 0 spiro atoms. The molecule has 1 aliphatic rings. The summed E-state index contributed by atoms with van der Waals surface area (Å²) in [4.78, 5) is 28.9. The maximum absolute atomic E-state index is 14.0. The standard InChI is InChI=1S/C29H23ClFNO5/c1-3-13-36-23-11-9-17(14-24(23)35-4-2)26-25-27(33)20-15-19(31)10-12-22(20)37-28(25)29(34)32(26)16-18-7-5-6-8-21(18)30/h3,5-12,14-15,26H,1,4,13,16H2,2H3. The van der Waals surface area contributed by atoms with Crippen LogP contribution in [0.3, 0.4) is 0 Å². The van der Waals surface area contributed by atoms with Crippen LogP contribution in [0.5, 0.6) is 11.5 Å². The lowest BCUT2D eigenvalue weighted by atomic mass is 9.97. The average Bonchev–Trinajstić information content (AvgIpc) is 3.17. The van der Waals surface area contributed by atoms with Gasteiger partial charge in [0.1, 0.15) is 18.0 Å². The fourth-order valence-corrected chi connectivity index (χ4v) is 4.74. The first kappa shape index (κ1) is 24.6. The van der Waals surface area contributed by atoms with Crippen molar-refractivity contribution in [2.75, 3.05) is 13.2 Å². The predicted molar refractivity (Wildman–Crippen MR) is 139 cm³/mol. The normalized spacial score (nSPS) is 14.6. The van der Waals surface area contributed by atoms with Gasteiger partial charge in [-0.1, -0.05) is 48.5 Å². The van der Waals surface area contributed by atoms with Gasteiger partial charge >= 0.3 is 0 Å². The van der Waals surface area contributed by atoms with Gasteiger partial charge in [0, 0.05) is 11.6 Å². The molecule has 6 nitrogen and oxygen atoms in total. The zero-order chi connectivity index (χ0) is 26.1. The first-order valence-corrected chi connectivity index (χ1v) is 12.1. The molecule has 0 fully saturated rings. The highest BCUT2D eigenvalue weighted by molar-refractivity contribution is 6.31. The Morgan fingerprint density at radius 2 is 1.89 bits per heavy atom. The molecule has 1 unspecified atom stereocenters. The number of hydrogen-bond donors (Lipinski definition) is 0. The van der Waals surface area contributed by atoms with Crippen LogP contribution in [0, 0.1) is 5.82 Å². The van der Waals surface area contributed by atoms with Crippen LogP contribution in [0.25, 0.3) is 11.0 Å². The highest BCUT2D eigenvalue weighted by atomic mass is 35.5. The van der Waals surface area contributed by atoms with E-state index in [1.165, 1.54) is 17.0 Å². The van der Waals surface area contributed by atoms with Gasteiger partial charge in [0.25, 0.3) is 5.91 Å². The van der Waals surface area contributed by atoms with Gasteiger partial charge in [-0.25, -0.2) is 4.39 Å². The van der Waals surface area contributed by atoms with E-state index in [9.17, 15) is 14.0 Å². The van der Waals surface area contributed by atoms with Gasteiger partial charge in [0.2, 0.25) is 5.76 Å². The molecule has 0 N–H and O–H groups in total. The summed E-state index contributed by atoms with van der Waals surface area (Å²) in [6.45, 7) is 6.30. The van der Waals surface area contributed by atoms with E-state index in [-0.39, 0.29) is 35.4 Å². The molecule has 0 saturated carbocycles. The number of carbonyl (C=O) groups excluding carboxylic acids is 1. The fraction of sp³-hybridized carbons (Fsp3) is 0.172. The fourth-order valence-electron chi connectivity index (χ4n) is 4.54. The summed E-state index contributed by atoms with van der Waals surface area (Å²) in [6.07, 6.45) is 1.62. The molecule has 37 heavy (non-hydrogen) atoms. The summed E-state index contributed by atoms with van der Waals surface area (Å²) in [7, 11) is 0. The second-order valence-electron chi connectivity index (χ2n) is 8.48. The minimum Gasteiger partial charge on any atom is -0.490 e. The van der Waals surface area contributed by atoms with Crippen LogP contribution >= 0.6 is 11.6 Å². The number of ether oxygens (including phenoxy) is 2. The van der Waals surface area contributed by atoms with Crippen LogP contribution < -0.4 is 14.9 Å². The Kier molecular flexibility index (Phi) is 6.72. The van der Waals surface area contributed by atoms with E-state index in [0.717, 1.165) is 6.07 Å². The Morgan fingerprint density at radius 1 is 1.08 bits per heavy atom. The highest BCUT2D eigenvalue weighted by Crippen LogP contribution is 2.42. The Morgan fingerprint density at radius 3 is 2.65 bits per heavy atom. The minimum absolute atomic E-state index is 0.0621. The van der Waals surface area contributed by atoms with Crippen molar-refractivity contribution in [3.8, 4) is 11.5 Å². The summed E-state index contributed by atoms with van der Waals surface area (Å²) < 4.78 is 31.5. The Labute approximate surface area is 217 Å². The highest BCUT2D eigenvalue weighted by Gasteiger charge is 2.43. The van der Waals surface area contributed by atoms with Crippen LogP contribution in [-0.2, 0) is 6.54 Å². The Bertz CT molecular complexity index is 1580. The first-order chi connectivity index (χ1) is 17.9. The van der Waals surface area contributed by atoms with Crippen molar-refractivity contribution in [3.63, 3.8) is 0 Å². The summed E-state index contributed by atoms with van der Waals surface area (Å²) in [5, 5.41) is 0.548. The SMILES string of the molecule is C=CCOc1ccc(C2c3c(oc4ccc(F)cc4c3=O)C(=O)N2Cc2ccccc2Cl)cc1OCC. The maximum atomic E-state index is 14.0. The molecule has 3 aromatic carbocycles. The second kappa shape index (κ2) is 10.1. The van der Waals surface area contributed by atoms with Crippen LogP contribution in [0.4, 0.5) is 4.39 Å². The van der Waals surface area contributed by atoms with Gasteiger partial charge < -0.3 is 18.8 Å². The molecule has 0 aliphatic carbocycles. The number of nitrogens with zero attached hydrogens (tertiary/aromatic N) is 1. The third-order valence-electron chi connectivity index (χ3n) is 6.17. The molecule has 1 amide bonds. The lowest BCUT2D eigenvalue weighted by molar-refractivity contribution is 0.0714. The van der Waals surface area contributed by atoms with E-state index >= 15 is 0 Å². The smallest absolute Gasteiger partial charge is 0.291 e. The van der Waals surface area contributed by atoms with Gasteiger partial charge in [-0.3, -0.25) is 9.59 Å². The summed E-state index contributed by atoms with van der Waals surface area (Å²) >= 11 is 6.42. The number of amides is 1. The van der Waals surface area contributed by atoms with Crippen molar-refractivity contribution in [1.82, 2.24) is 4.90 Å². The van der Waals surface area contributed by atoms with Gasteiger partial charge in [-0.15, -0.1) is 0 Å². The van der Waals surface area contributed by atoms with Crippen molar-refractivity contribution in [2.45, 2.75) is 19.5 Å². The van der Waals surface area contributed by atoms with Crippen molar-refractivity contribution in [1.29, 1.82) is 0 Å². The third-order valence-corrected chi connectivity index (χ3v) is 6.54. The third kappa shape index (κ3) is 4.47. The molecule has 1 aromatic heterocycles. The molecular formula is C29H23ClFNO5. The van der Waals surface area contributed by atoms with Crippen molar-refractivity contribution in [2.24, 2.45) is 0 Å². The topological polar surface area (TPSA) is 69.0 Å². The molecule has 0 bridgehead atoms. The van der Waals surface area contributed by atoms with Crippen LogP contribution in [0.15, 0.2) is 82.5 Å². The van der Waals surface area contributed by atoms with E-state index in [2.05, 4.69) is 6.58 Å². The zero-order valence-corrected chi connectivity index (χ0v) is 20.8. The van der Waals surface area contributed by atoms with Crippen molar-refractivity contribution in [3.05, 3.63) is 117 Å². The van der Waals surface area contributed by atoms with E-state index < -0.39 is 23.2 Å². The van der Waals surface area contributed by atoms with Gasteiger partial charge in [-0.2, -0.15) is 0 Å². The summed E-state index contributed by atoms with van der Waals surface area (Å²) in [5.74, 6) is -0.160. The Hall–Kier alpha value is -4.10. The molecule has 1 aliphatic heterocycles. The van der Waals surface area contributed by atoms with Gasteiger partial charge in [0.05, 0.1) is 23.6 Å². The molecule has 4 aromatic rings. The van der Waals surface area contributed by atoms with Crippen molar-refractivity contribution >= 4 is 28.5 Å². The number of fused-ring (bicyclic) bond motifs is 2. The lowest BCUT2D eigenvalue weighted by Gasteiger charge is -2.26. The van der Waals surface area contributed by atoms with Crippen LogP contribution in [0.2, 0.25) is 5.02 Å². The molecular weight excluding hydrogens is 497 g/mol. The number of hydrogen-bond acceptors (Lipinski definition) is 5. The maximum Gasteiger partial charge on any atom is 0.291 e. The average molecular weight is 520 g/mol. The van der Waals surface area contributed by atoms with Gasteiger partial charge in [0.15, 0.2) is 16.9 Å². The zero-order valence-electron chi connectivity index (χ0n) is 20.0. The molecule has 2 heterocycles. The van der Waals surface area contributed by atoms with E-state index in [4.69, 9.17) is 25.5 Å². The first-order valence-electron chi connectivity index (χ1n) is 11.7. The molecule has 1 atom stereocenters.